The van der Waals surface area contributed by atoms with Crippen LogP contribution in [0.3, 0.4) is 0 Å². The molecule has 1 aliphatic heterocycles. The molecule has 178 valence electrons. The van der Waals surface area contributed by atoms with Gasteiger partial charge in [0.2, 0.25) is 10.0 Å². The highest BCUT2D eigenvalue weighted by atomic mass is 32.2. The van der Waals surface area contributed by atoms with E-state index < -0.39 is 22.0 Å². The van der Waals surface area contributed by atoms with E-state index in [1.165, 1.54) is 11.4 Å². The number of sulfonamides is 1. The summed E-state index contributed by atoms with van der Waals surface area (Å²) >= 11 is 0. The summed E-state index contributed by atoms with van der Waals surface area (Å²) in [6.07, 6.45) is 4.55. The van der Waals surface area contributed by atoms with Crippen LogP contribution in [0.15, 0.2) is 48.8 Å². The normalized spacial score (nSPS) is 16.1. The second kappa shape index (κ2) is 11.2. The third-order valence-corrected chi connectivity index (χ3v) is 6.69. The van der Waals surface area contributed by atoms with Gasteiger partial charge in [-0.3, -0.25) is 19.5 Å². The molecule has 11 heteroatoms. The number of nitrogens with zero attached hydrogens (tertiary/aromatic N) is 3. The van der Waals surface area contributed by atoms with Crippen molar-refractivity contribution in [3.8, 4) is 5.75 Å². The van der Waals surface area contributed by atoms with Crippen molar-refractivity contribution in [2.24, 2.45) is 0 Å². The topological polar surface area (TPSA) is 118 Å². The van der Waals surface area contributed by atoms with Gasteiger partial charge < -0.3 is 14.8 Å². The first kappa shape index (κ1) is 24.6. The molecule has 1 aromatic carbocycles. The number of hydrogen-bond donors (Lipinski definition) is 1. The lowest BCUT2D eigenvalue weighted by Gasteiger charge is -2.37. The molecule has 0 aliphatic carbocycles. The fraction of sp³-hybridized carbons (Fsp3) is 0.409. The van der Waals surface area contributed by atoms with Crippen molar-refractivity contribution in [1.29, 1.82) is 0 Å². The maximum Gasteiger partial charge on any atom is 0.324 e. The van der Waals surface area contributed by atoms with Gasteiger partial charge in [-0.05, 0) is 42.0 Å². The first-order valence-corrected chi connectivity index (χ1v) is 12.3. The molecule has 0 saturated carbocycles. The van der Waals surface area contributed by atoms with Crippen LogP contribution in [0, 0.1) is 0 Å². The molecule has 1 atom stereocenters. The predicted molar refractivity (Wildman–Crippen MR) is 121 cm³/mol. The lowest BCUT2D eigenvalue weighted by atomic mass is 10.1. The number of piperazine rings is 1. The molecule has 10 nitrogen and oxygen atoms in total. The van der Waals surface area contributed by atoms with Crippen LogP contribution in [0.4, 0.5) is 0 Å². The molecule has 33 heavy (non-hydrogen) atoms. The minimum Gasteiger partial charge on any atom is -0.489 e. The summed E-state index contributed by atoms with van der Waals surface area (Å²) in [4.78, 5) is 30.7. The minimum absolute atomic E-state index is 0.0463. The number of hydrogen-bond acceptors (Lipinski definition) is 8. The standard InChI is InChI=1S/C22H28N4O6S/c1-31-22(28)20(25-11-13-26(14-12-25)33(2,29)30)15-24-21(27)18-3-5-19(6-4-18)32-16-17-7-9-23-10-8-17/h3-10,20H,11-16H2,1-2H3,(H,24,27). The number of rotatable bonds is 9. The number of esters is 1. The summed E-state index contributed by atoms with van der Waals surface area (Å²) in [6.45, 7) is 1.73. The third-order valence-electron chi connectivity index (χ3n) is 5.38. The van der Waals surface area contributed by atoms with Crippen molar-refractivity contribution in [3.63, 3.8) is 0 Å². The summed E-state index contributed by atoms with van der Waals surface area (Å²) in [6, 6.07) is 9.73. The molecule has 1 aliphatic rings. The Kier molecular flexibility index (Phi) is 8.37. The van der Waals surface area contributed by atoms with Gasteiger partial charge >= 0.3 is 5.97 Å². The molecule has 1 unspecified atom stereocenters. The van der Waals surface area contributed by atoms with Crippen molar-refractivity contribution >= 4 is 21.9 Å². The number of pyridine rings is 1. The van der Waals surface area contributed by atoms with Crippen molar-refractivity contribution in [3.05, 3.63) is 59.9 Å². The number of methoxy groups -OCH3 is 1. The molecule has 1 aromatic heterocycles. The third kappa shape index (κ3) is 6.98. The van der Waals surface area contributed by atoms with Crippen molar-refractivity contribution in [2.75, 3.05) is 46.1 Å². The number of amides is 1. The lowest BCUT2D eigenvalue weighted by Crippen LogP contribution is -2.57. The van der Waals surface area contributed by atoms with E-state index in [0.717, 1.165) is 11.8 Å². The van der Waals surface area contributed by atoms with Gasteiger partial charge in [-0.2, -0.15) is 4.31 Å². The molecule has 2 aromatic rings. The Morgan fingerprint density at radius 3 is 2.27 bits per heavy atom. The number of benzene rings is 1. The Morgan fingerprint density at radius 2 is 1.70 bits per heavy atom. The molecule has 2 heterocycles. The van der Waals surface area contributed by atoms with Gasteiger partial charge in [0.25, 0.3) is 5.91 Å². The summed E-state index contributed by atoms with van der Waals surface area (Å²) in [5.41, 5.74) is 1.41. The first-order valence-electron chi connectivity index (χ1n) is 10.4. The molecule has 1 N–H and O–H groups in total. The van der Waals surface area contributed by atoms with Crippen LogP contribution in [-0.2, 0) is 26.2 Å². The van der Waals surface area contributed by atoms with Crippen LogP contribution in [0.5, 0.6) is 5.75 Å². The van der Waals surface area contributed by atoms with E-state index in [0.29, 0.717) is 31.0 Å². The average Bonchev–Trinajstić information content (AvgIpc) is 2.83. The SMILES string of the molecule is COC(=O)C(CNC(=O)c1ccc(OCc2ccncc2)cc1)N1CCN(S(C)(=O)=O)CC1. The van der Waals surface area contributed by atoms with E-state index in [1.807, 2.05) is 17.0 Å². The van der Waals surface area contributed by atoms with Crippen LogP contribution in [-0.4, -0.2) is 86.6 Å². The Bertz CT molecular complexity index is 1040. The van der Waals surface area contributed by atoms with Crippen molar-refractivity contribution < 1.29 is 27.5 Å². The zero-order valence-electron chi connectivity index (χ0n) is 18.6. The zero-order valence-corrected chi connectivity index (χ0v) is 19.5. The highest BCUT2D eigenvalue weighted by Gasteiger charge is 2.32. The minimum atomic E-state index is -3.28. The van der Waals surface area contributed by atoms with E-state index in [9.17, 15) is 18.0 Å². The number of nitrogens with one attached hydrogen (secondary N) is 1. The van der Waals surface area contributed by atoms with E-state index in [1.54, 1.807) is 36.7 Å². The second-order valence-electron chi connectivity index (χ2n) is 7.62. The lowest BCUT2D eigenvalue weighted by molar-refractivity contribution is -0.147. The number of aromatic nitrogens is 1. The Balaban J connectivity index is 1.54. The maximum absolute atomic E-state index is 12.6. The number of carbonyl (C=O) groups is 2. The first-order chi connectivity index (χ1) is 15.8. The highest BCUT2D eigenvalue weighted by molar-refractivity contribution is 7.88. The molecular formula is C22H28N4O6S. The average molecular weight is 477 g/mol. The van der Waals surface area contributed by atoms with Gasteiger partial charge in [-0.15, -0.1) is 0 Å². The quantitative estimate of drug-likeness (QED) is 0.520. The highest BCUT2D eigenvalue weighted by Crippen LogP contribution is 2.15. The Labute approximate surface area is 193 Å². The van der Waals surface area contributed by atoms with Gasteiger partial charge in [0.1, 0.15) is 18.4 Å². The monoisotopic (exact) mass is 476 g/mol. The molecule has 0 spiro atoms. The zero-order chi connectivity index (χ0) is 23.8. The van der Waals surface area contributed by atoms with Crippen LogP contribution in [0.25, 0.3) is 0 Å². The predicted octanol–water partition coefficient (Wildman–Crippen LogP) is 0.509. The Hall–Kier alpha value is -3.02. The van der Waals surface area contributed by atoms with Crippen molar-refractivity contribution in [2.45, 2.75) is 12.6 Å². The summed E-state index contributed by atoms with van der Waals surface area (Å²) in [5, 5.41) is 2.77. The van der Waals surface area contributed by atoms with E-state index in [2.05, 4.69) is 10.3 Å². The second-order valence-corrected chi connectivity index (χ2v) is 9.60. The molecule has 1 saturated heterocycles. The van der Waals surface area contributed by atoms with Gasteiger partial charge in [0.15, 0.2) is 0 Å². The molecule has 0 bridgehead atoms. The van der Waals surface area contributed by atoms with Gasteiger partial charge in [0, 0.05) is 50.7 Å². The van der Waals surface area contributed by atoms with Gasteiger partial charge in [0.05, 0.1) is 13.4 Å². The van der Waals surface area contributed by atoms with E-state index in [-0.39, 0.29) is 25.5 Å². The fourth-order valence-electron chi connectivity index (χ4n) is 3.48. The van der Waals surface area contributed by atoms with Crippen LogP contribution in [0.2, 0.25) is 0 Å². The molecular weight excluding hydrogens is 448 g/mol. The van der Waals surface area contributed by atoms with Crippen LogP contribution in [0.1, 0.15) is 15.9 Å². The van der Waals surface area contributed by atoms with Gasteiger partial charge in [-0.1, -0.05) is 0 Å². The molecule has 1 amide bonds. The van der Waals surface area contributed by atoms with Crippen LogP contribution >= 0.6 is 0 Å². The smallest absolute Gasteiger partial charge is 0.324 e. The molecule has 1 fully saturated rings. The van der Waals surface area contributed by atoms with Crippen molar-refractivity contribution in [1.82, 2.24) is 19.5 Å². The number of ether oxygens (including phenoxy) is 2. The summed E-state index contributed by atoms with van der Waals surface area (Å²) in [7, 11) is -1.99. The molecule has 3 rings (SSSR count). The maximum atomic E-state index is 12.6. The van der Waals surface area contributed by atoms with E-state index in [4.69, 9.17) is 9.47 Å². The molecule has 0 radical (unpaired) electrons. The largest absolute Gasteiger partial charge is 0.489 e. The summed E-state index contributed by atoms with van der Waals surface area (Å²) in [5.74, 6) is -0.193. The number of carbonyl (C=O) groups excluding carboxylic acids is 2. The summed E-state index contributed by atoms with van der Waals surface area (Å²) < 4.78 is 35.4. The van der Waals surface area contributed by atoms with Crippen LogP contribution < -0.4 is 10.1 Å². The van der Waals surface area contributed by atoms with E-state index >= 15 is 0 Å². The fourth-order valence-corrected chi connectivity index (χ4v) is 4.31. The van der Waals surface area contributed by atoms with Gasteiger partial charge in [-0.25, -0.2) is 8.42 Å². The Morgan fingerprint density at radius 1 is 1.06 bits per heavy atom.